The molecule has 0 saturated carbocycles. The fourth-order valence-electron chi connectivity index (χ4n) is 8.39. The van der Waals surface area contributed by atoms with Gasteiger partial charge in [0.2, 0.25) is 0 Å². The number of nitrogens with one attached hydrogen (secondary N) is 2. The second-order valence-corrected chi connectivity index (χ2v) is 18.2. The minimum absolute atomic E-state index is 0.105. The second-order valence-electron chi connectivity index (χ2n) is 18.2. The van der Waals surface area contributed by atoms with Gasteiger partial charge < -0.3 is 39.4 Å². The first-order valence-corrected chi connectivity index (χ1v) is 21.7. The lowest BCUT2D eigenvalue weighted by atomic mass is 9.99. The molecule has 0 atom stereocenters. The van der Waals surface area contributed by atoms with Crippen molar-refractivity contribution in [2.24, 2.45) is 13.0 Å². The van der Waals surface area contributed by atoms with E-state index in [-0.39, 0.29) is 23.4 Å². The first-order chi connectivity index (χ1) is 31.6. The quantitative estimate of drug-likeness (QED) is 0.146. The molecular weight excluding hydrogens is 847 g/mol. The number of hydrogen-bond acceptors (Lipinski definition) is 13. The van der Waals surface area contributed by atoms with Crippen LogP contribution >= 0.6 is 0 Å². The van der Waals surface area contributed by atoms with E-state index in [0.29, 0.717) is 95.4 Å². The molecule has 0 aliphatic carbocycles. The van der Waals surface area contributed by atoms with Crippen LogP contribution in [0.5, 0.6) is 34.5 Å². The zero-order chi connectivity index (χ0) is 45.9. The molecule has 2 saturated heterocycles. The Bertz CT molecular complexity index is 2900. The van der Waals surface area contributed by atoms with E-state index in [9.17, 15) is 19.2 Å². The van der Waals surface area contributed by atoms with Gasteiger partial charge >= 0.3 is 0 Å². The second kappa shape index (κ2) is 16.3. The van der Waals surface area contributed by atoms with E-state index in [1.54, 1.807) is 82.3 Å². The van der Waals surface area contributed by atoms with Crippen LogP contribution in [0.3, 0.4) is 0 Å². The van der Waals surface area contributed by atoms with Gasteiger partial charge in [-0.25, -0.2) is 9.97 Å². The molecule has 4 aliphatic heterocycles. The molecule has 0 unspecified atom stereocenters. The Kier molecular flexibility index (Phi) is 10.4. The third kappa shape index (κ3) is 8.70. The zero-order valence-corrected chi connectivity index (χ0v) is 37.0. The summed E-state index contributed by atoms with van der Waals surface area (Å²) in [5.74, 6) is 2.56. The van der Waals surface area contributed by atoms with Crippen molar-refractivity contribution in [3.05, 3.63) is 113 Å². The van der Waals surface area contributed by atoms with Crippen LogP contribution in [-0.2, 0) is 26.4 Å². The fourth-order valence-corrected chi connectivity index (χ4v) is 8.39. The van der Waals surface area contributed by atoms with Gasteiger partial charge in [0.15, 0.2) is 11.6 Å². The monoisotopic (exact) mass is 893 g/mol. The molecular formula is C47H47N11O8. The number of aromatic nitrogens is 7. The molecule has 338 valence electrons. The summed E-state index contributed by atoms with van der Waals surface area (Å²) in [6.07, 6.45) is 8.39. The summed E-state index contributed by atoms with van der Waals surface area (Å²) >= 11 is 0. The molecule has 2 aromatic carbocycles. The number of rotatable bonds is 12. The number of likely N-dealkylation sites (tertiary alicyclic amines) is 2. The number of amides is 4. The number of carbonyl (C=O) groups excluding carboxylic acids is 4. The van der Waals surface area contributed by atoms with Crippen LogP contribution in [0.1, 0.15) is 86.9 Å². The van der Waals surface area contributed by atoms with Gasteiger partial charge in [-0.3, -0.25) is 23.9 Å². The molecule has 2 fully saturated rings. The topological polar surface area (TPSA) is 210 Å². The summed E-state index contributed by atoms with van der Waals surface area (Å²) in [5.41, 5.74) is 1.93. The van der Waals surface area contributed by atoms with Crippen molar-refractivity contribution < 1.29 is 38.1 Å². The van der Waals surface area contributed by atoms with Gasteiger partial charge in [0.25, 0.3) is 23.6 Å². The molecule has 6 aromatic rings. The van der Waals surface area contributed by atoms with Gasteiger partial charge in [0, 0.05) is 93.0 Å². The Hall–Kier alpha value is -7.83. The SMILES string of the molecule is Cn1ncc(NC(=O)c2cc(Oc3ccc(C(=O)N4CC(Cn5ccc(NC(=O)c6cc(Oc7ccc(C(=O)N8CCC8)nc7)c7c(c6)OC(C)(C)C7)n5)C4)nc3)c3c(c2)OC(C)(C)C3)n1. The lowest BCUT2D eigenvalue weighted by molar-refractivity contribution is 0.0455. The molecule has 19 heteroatoms. The van der Waals surface area contributed by atoms with Crippen molar-refractivity contribution in [3.63, 3.8) is 0 Å². The number of hydrogen-bond donors (Lipinski definition) is 2. The summed E-state index contributed by atoms with van der Waals surface area (Å²) < 4.78 is 26.6. The minimum atomic E-state index is -0.497. The van der Waals surface area contributed by atoms with Crippen molar-refractivity contribution in [3.8, 4) is 34.5 Å². The molecule has 4 amide bonds. The molecule has 8 heterocycles. The Labute approximate surface area is 379 Å². The van der Waals surface area contributed by atoms with Crippen LogP contribution in [0, 0.1) is 5.92 Å². The van der Waals surface area contributed by atoms with Gasteiger partial charge in [-0.05, 0) is 82.6 Å². The van der Waals surface area contributed by atoms with Crippen LogP contribution in [0.15, 0.2) is 79.4 Å². The maximum atomic E-state index is 13.6. The lowest BCUT2D eigenvalue weighted by Crippen LogP contribution is -2.51. The maximum Gasteiger partial charge on any atom is 0.272 e. The van der Waals surface area contributed by atoms with E-state index < -0.39 is 23.0 Å². The van der Waals surface area contributed by atoms with Gasteiger partial charge in [0.1, 0.15) is 57.1 Å². The highest BCUT2D eigenvalue weighted by atomic mass is 16.5. The van der Waals surface area contributed by atoms with Gasteiger partial charge in [-0.15, -0.1) is 5.10 Å². The molecule has 4 aliphatic rings. The largest absolute Gasteiger partial charge is 0.487 e. The molecule has 19 nitrogen and oxygen atoms in total. The van der Waals surface area contributed by atoms with Crippen LogP contribution in [0.4, 0.5) is 11.6 Å². The standard InChI is InChI=1S/C47H47N11O8/c1-46(2)19-32-36(63-30-7-9-34(48-21-30)44(61)56-12-6-13-56)15-28(17-38(32)65-46)42(59)51-40-11-14-58(54-40)26-27-24-57(25-27)45(62)35-10-8-31(22-49-35)64-37-16-29(18-39-33(37)20-47(3,4)66-39)43(60)52-41-23-50-55(5)53-41/h7-11,14-18,21-23,27H,6,12-13,19-20,24-26H2,1-5H3,(H,51,54,59)(H,52,53,60). The number of nitrogens with zero attached hydrogens (tertiary/aromatic N) is 9. The van der Waals surface area contributed by atoms with Crippen LogP contribution < -0.4 is 29.6 Å². The molecule has 2 N–H and O–H groups in total. The highest BCUT2D eigenvalue weighted by molar-refractivity contribution is 6.05. The Balaban J connectivity index is 0.740. The Morgan fingerprint density at radius 2 is 1.24 bits per heavy atom. The summed E-state index contributed by atoms with van der Waals surface area (Å²) in [6, 6.07) is 15.1. The zero-order valence-electron chi connectivity index (χ0n) is 37.0. The minimum Gasteiger partial charge on any atom is -0.487 e. The van der Waals surface area contributed by atoms with E-state index in [1.807, 2.05) is 27.7 Å². The van der Waals surface area contributed by atoms with Crippen molar-refractivity contribution >= 4 is 35.3 Å². The average molecular weight is 894 g/mol. The van der Waals surface area contributed by atoms with Gasteiger partial charge in [-0.2, -0.15) is 15.0 Å². The molecule has 4 aromatic heterocycles. The van der Waals surface area contributed by atoms with Crippen molar-refractivity contribution in [1.82, 2.24) is 44.5 Å². The normalized spacial score (nSPS) is 16.5. The van der Waals surface area contributed by atoms with E-state index in [2.05, 4.69) is 35.9 Å². The van der Waals surface area contributed by atoms with Crippen LogP contribution in [0.2, 0.25) is 0 Å². The highest BCUT2D eigenvalue weighted by Crippen LogP contribution is 2.44. The van der Waals surface area contributed by atoms with E-state index in [4.69, 9.17) is 18.9 Å². The van der Waals surface area contributed by atoms with Crippen LogP contribution in [0.25, 0.3) is 0 Å². The predicted molar refractivity (Wildman–Crippen MR) is 237 cm³/mol. The lowest BCUT2D eigenvalue weighted by Gasteiger charge is -2.39. The number of ether oxygens (including phenoxy) is 4. The third-order valence-electron chi connectivity index (χ3n) is 11.8. The highest BCUT2D eigenvalue weighted by Gasteiger charge is 2.36. The van der Waals surface area contributed by atoms with E-state index >= 15 is 0 Å². The molecule has 66 heavy (non-hydrogen) atoms. The molecule has 0 spiro atoms. The fraction of sp³-hybridized carbons (Fsp3) is 0.340. The maximum absolute atomic E-state index is 13.6. The molecule has 10 rings (SSSR count). The predicted octanol–water partition coefficient (Wildman–Crippen LogP) is 5.94. The number of carbonyl (C=O) groups is 4. The summed E-state index contributed by atoms with van der Waals surface area (Å²) in [6.45, 7) is 10.9. The first-order valence-electron chi connectivity index (χ1n) is 21.7. The van der Waals surface area contributed by atoms with Gasteiger partial charge in [0.05, 0.1) is 18.6 Å². The molecule has 0 radical (unpaired) electrons. The van der Waals surface area contributed by atoms with Crippen LogP contribution in [-0.4, -0.2) is 106 Å². The number of anilines is 2. The smallest absolute Gasteiger partial charge is 0.272 e. The summed E-state index contributed by atoms with van der Waals surface area (Å²) in [7, 11) is 1.66. The Morgan fingerprint density at radius 1 is 0.697 bits per heavy atom. The third-order valence-corrected chi connectivity index (χ3v) is 11.8. The van der Waals surface area contributed by atoms with Crippen molar-refractivity contribution in [2.75, 3.05) is 36.8 Å². The van der Waals surface area contributed by atoms with E-state index in [0.717, 1.165) is 30.6 Å². The molecule has 0 bridgehead atoms. The first kappa shape index (κ1) is 42.1. The van der Waals surface area contributed by atoms with Gasteiger partial charge in [-0.1, -0.05) is 0 Å². The average Bonchev–Trinajstić information content (AvgIpc) is 4.02. The van der Waals surface area contributed by atoms with E-state index in [1.165, 1.54) is 23.4 Å². The summed E-state index contributed by atoms with van der Waals surface area (Å²) in [5, 5.41) is 18.3. The number of aryl methyl sites for hydroxylation is 1. The number of benzene rings is 2. The van der Waals surface area contributed by atoms with Crippen molar-refractivity contribution in [1.29, 1.82) is 0 Å². The van der Waals surface area contributed by atoms with Crippen molar-refractivity contribution in [2.45, 2.75) is 64.7 Å². The number of pyridine rings is 2. The number of fused-ring (bicyclic) bond motifs is 2. The Morgan fingerprint density at radius 3 is 1.73 bits per heavy atom. The summed E-state index contributed by atoms with van der Waals surface area (Å²) in [4.78, 5) is 66.4.